The van der Waals surface area contributed by atoms with Crippen molar-refractivity contribution in [2.24, 2.45) is 0 Å². The van der Waals surface area contributed by atoms with Crippen LogP contribution < -0.4 is 5.32 Å². The van der Waals surface area contributed by atoms with Crippen molar-refractivity contribution < 1.29 is 19.4 Å². The number of urea groups is 1. The standard InChI is InChI=1S/C19H29N3O4/c1-14-5-4-6-15(2)17(14)7-8-20-19(25)22-9-10-26-16(12-22)11-21(3)13-18(23)24/h4-6,16H,7-13H2,1-3H3,(H,20,25)(H,23,24). The summed E-state index contributed by atoms with van der Waals surface area (Å²) in [6.45, 7) is 6.70. The van der Waals surface area contributed by atoms with Crippen LogP contribution in [0.15, 0.2) is 18.2 Å². The lowest BCUT2D eigenvalue weighted by molar-refractivity contribution is -0.138. The average Bonchev–Trinajstić information content (AvgIpc) is 2.56. The number of carbonyl (C=O) groups is 2. The number of hydrogen-bond acceptors (Lipinski definition) is 4. The summed E-state index contributed by atoms with van der Waals surface area (Å²) in [5, 5.41) is 11.8. The van der Waals surface area contributed by atoms with E-state index in [4.69, 9.17) is 9.84 Å². The van der Waals surface area contributed by atoms with Crippen molar-refractivity contribution in [2.45, 2.75) is 26.4 Å². The van der Waals surface area contributed by atoms with E-state index in [0.717, 1.165) is 6.42 Å². The van der Waals surface area contributed by atoms with Gasteiger partial charge in [-0.3, -0.25) is 9.69 Å². The van der Waals surface area contributed by atoms with E-state index < -0.39 is 5.97 Å². The summed E-state index contributed by atoms with van der Waals surface area (Å²) in [5.41, 5.74) is 3.77. The van der Waals surface area contributed by atoms with Crippen molar-refractivity contribution >= 4 is 12.0 Å². The van der Waals surface area contributed by atoms with Gasteiger partial charge in [0, 0.05) is 26.2 Å². The van der Waals surface area contributed by atoms with Crippen LogP contribution in [0.25, 0.3) is 0 Å². The summed E-state index contributed by atoms with van der Waals surface area (Å²) in [7, 11) is 1.74. The van der Waals surface area contributed by atoms with Gasteiger partial charge < -0.3 is 20.1 Å². The van der Waals surface area contributed by atoms with Crippen LogP contribution in [0.4, 0.5) is 4.79 Å². The minimum atomic E-state index is -0.871. The van der Waals surface area contributed by atoms with E-state index in [1.165, 1.54) is 16.7 Å². The van der Waals surface area contributed by atoms with Gasteiger partial charge in [0.1, 0.15) is 0 Å². The lowest BCUT2D eigenvalue weighted by atomic mass is 10.0. The normalized spacial score (nSPS) is 17.4. The quantitative estimate of drug-likeness (QED) is 0.762. The van der Waals surface area contributed by atoms with Gasteiger partial charge >= 0.3 is 12.0 Å². The Morgan fingerprint density at radius 1 is 1.35 bits per heavy atom. The zero-order chi connectivity index (χ0) is 19.1. The van der Waals surface area contributed by atoms with Gasteiger partial charge in [-0.1, -0.05) is 18.2 Å². The first kappa shape index (κ1) is 20.2. The minimum Gasteiger partial charge on any atom is -0.480 e. The number of likely N-dealkylation sites (N-methyl/N-ethyl adjacent to an activating group) is 1. The highest BCUT2D eigenvalue weighted by atomic mass is 16.5. The maximum Gasteiger partial charge on any atom is 0.317 e. The minimum absolute atomic E-state index is 0.0398. The van der Waals surface area contributed by atoms with Crippen LogP contribution in [0.2, 0.25) is 0 Å². The lowest BCUT2D eigenvalue weighted by Crippen LogP contribution is -2.52. The highest BCUT2D eigenvalue weighted by Gasteiger charge is 2.25. The Kier molecular flexibility index (Phi) is 7.41. The second-order valence-electron chi connectivity index (χ2n) is 6.88. The van der Waals surface area contributed by atoms with Gasteiger partial charge in [-0.2, -0.15) is 0 Å². The molecule has 1 aromatic carbocycles. The number of benzene rings is 1. The number of hydrogen-bond donors (Lipinski definition) is 2. The van der Waals surface area contributed by atoms with Gasteiger partial charge in [-0.25, -0.2) is 4.79 Å². The van der Waals surface area contributed by atoms with E-state index in [9.17, 15) is 9.59 Å². The zero-order valence-corrected chi connectivity index (χ0v) is 15.8. The third-order valence-corrected chi connectivity index (χ3v) is 4.64. The number of morpholine rings is 1. The Labute approximate surface area is 154 Å². The number of aliphatic carboxylic acids is 1. The number of amides is 2. The molecule has 2 rings (SSSR count). The van der Waals surface area contributed by atoms with E-state index in [-0.39, 0.29) is 18.7 Å². The Morgan fingerprint density at radius 3 is 2.69 bits per heavy atom. The molecule has 0 saturated carbocycles. The third kappa shape index (κ3) is 6.00. The Morgan fingerprint density at radius 2 is 2.04 bits per heavy atom. The highest BCUT2D eigenvalue weighted by molar-refractivity contribution is 5.74. The van der Waals surface area contributed by atoms with E-state index >= 15 is 0 Å². The molecule has 0 spiro atoms. The van der Waals surface area contributed by atoms with Crippen molar-refractivity contribution in [1.29, 1.82) is 0 Å². The van der Waals surface area contributed by atoms with Gasteiger partial charge in [0.05, 0.1) is 19.3 Å². The predicted molar refractivity (Wildman–Crippen MR) is 99.5 cm³/mol. The average molecular weight is 363 g/mol. The molecule has 2 amide bonds. The number of carbonyl (C=O) groups excluding carboxylic acids is 1. The van der Waals surface area contributed by atoms with E-state index in [2.05, 4.69) is 31.3 Å². The second-order valence-corrected chi connectivity index (χ2v) is 6.88. The number of nitrogens with one attached hydrogen (secondary N) is 1. The van der Waals surface area contributed by atoms with Gasteiger partial charge in [-0.05, 0) is 44.0 Å². The molecular formula is C19H29N3O4. The van der Waals surface area contributed by atoms with Crippen molar-refractivity contribution in [2.75, 3.05) is 46.4 Å². The molecule has 1 heterocycles. The largest absolute Gasteiger partial charge is 0.480 e. The van der Waals surface area contributed by atoms with Crippen LogP contribution in [0.1, 0.15) is 16.7 Å². The summed E-state index contributed by atoms with van der Waals surface area (Å²) < 4.78 is 5.66. The molecule has 1 fully saturated rings. The summed E-state index contributed by atoms with van der Waals surface area (Å²) in [6.07, 6.45) is 0.636. The fourth-order valence-electron chi connectivity index (χ4n) is 3.31. The molecule has 0 radical (unpaired) electrons. The van der Waals surface area contributed by atoms with Gasteiger partial charge in [0.2, 0.25) is 0 Å². The van der Waals surface area contributed by atoms with Gasteiger partial charge in [-0.15, -0.1) is 0 Å². The number of carboxylic acids is 1. The van der Waals surface area contributed by atoms with E-state index in [0.29, 0.717) is 32.8 Å². The van der Waals surface area contributed by atoms with Crippen molar-refractivity contribution in [3.05, 3.63) is 34.9 Å². The maximum atomic E-state index is 12.4. The fraction of sp³-hybridized carbons (Fsp3) is 0.579. The van der Waals surface area contributed by atoms with Crippen molar-refractivity contribution in [1.82, 2.24) is 15.1 Å². The molecule has 1 aliphatic heterocycles. The molecule has 1 aliphatic rings. The topological polar surface area (TPSA) is 82.1 Å². The van der Waals surface area contributed by atoms with Crippen LogP contribution in [0.3, 0.4) is 0 Å². The molecule has 7 heteroatoms. The lowest BCUT2D eigenvalue weighted by Gasteiger charge is -2.34. The molecule has 144 valence electrons. The van der Waals surface area contributed by atoms with Crippen molar-refractivity contribution in [3.8, 4) is 0 Å². The number of aryl methyl sites for hydroxylation is 2. The van der Waals surface area contributed by atoms with Crippen LogP contribution in [0, 0.1) is 13.8 Å². The first-order valence-electron chi connectivity index (χ1n) is 8.96. The fourth-order valence-corrected chi connectivity index (χ4v) is 3.31. The van der Waals surface area contributed by atoms with Gasteiger partial charge in [0.15, 0.2) is 0 Å². The SMILES string of the molecule is Cc1cccc(C)c1CCNC(=O)N1CCOC(CN(C)CC(=O)O)C1. The van der Waals surface area contributed by atoms with Crippen LogP contribution in [0.5, 0.6) is 0 Å². The molecule has 1 atom stereocenters. The third-order valence-electron chi connectivity index (χ3n) is 4.64. The van der Waals surface area contributed by atoms with E-state index in [1.807, 2.05) is 6.07 Å². The Balaban J connectivity index is 1.79. The summed E-state index contributed by atoms with van der Waals surface area (Å²) >= 11 is 0. The number of rotatable bonds is 7. The van der Waals surface area contributed by atoms with Crippen LogP contribution >= 0.6 is 0 Å². The van der Waals surface area contributed by atoms with Crippen LogP contribution in [-0.2, 0) is 16.0 Å². The molecule has 0 aliphatic carbocycles. The monoisotopic (exact) mass is 363 g/mol. The molecule has 7 nitrogen and oxygen atoms in total. The smallest absolute Gasteiger partial charge is 0.317 e. The summed E-state index contributed by atoms with van der Waals surface area (Å²) in [5.74, 6) is -0.871. The predicted octanol–water partition coefficient (Wildman–Crippen LogP) is 1.27. The zero-order valence-electron chi connectivity index (χ0n) is 15.8. The molecule has 0 bridgehead atoms. The molecule has 26 heavy (non-hydrogen) atoms. The Hall–Kier alpha value is -2.12. The second kappa shape index (κ2) is 9.54. The number of nitrogens with zero attached hydrogens (tertiary/aromatic N) is 2. The summed E-state index contributed by atoms with van der Waals surface area (Å²) in [6, 6.07) is 6.13. The summed E-state index contributed by atoms with van der Waals surface area (Å²) in [4.78, 5) is 26.6. The van der Waals surface area contributed by atoms with Crippen molar-refractivity contribution in [3.63, 3.8) is 0 Å². The first-order chi connectivity index (χ1) is 12.4. The molecule has 1 saturated heterocycles. The highest BCUT2D eigenvalue weighted by Crippen LogP contribution is 2.13. The molecule has 0 aromatic heterocycles. The van der Waals surface area contributed by atoms with Gasteiger partial charge in [0.25, 0.3) is 0 Å². The molecule has 2 N–H and O–H groups in total. The Bertz CT molecular complexity index is 615. The first-order valence-corrected chi connectivity index (χ1v) is 8.96. The maximum absolute atomic E-state index is 12.4. The molecule has 1 unspecified atom stereocenters. The van der Waals surface area contributed by atoms with E-state index in [1.54, 1.807) is 16.8 Å². The molecular weight excluding hydrogens is 334 g/mol. The molecule has 1 aromatic rings. The number of ether oxygens (including phenoxy) is 1. The number of carboxylic acid groups (broad SMARTS) is 1. The van der Waals surface area contributed by atoms with Crippen LogP contribution in [-0.4, -0.2) is 79.4 Å².